The number of amides is 1. The second-order valence-electron chi connectivity index (χ2n) is 5.50. The molecule has 4 N–H and O–H groups in total. The van der Waals surface area contributed by atoms with Gasteiger partial charge in [0.25, 0.3) is 0 Å². The molecule has 0 aromatic heterocycles. The van der Waals surface area contributed by atoms with Gasteiger partial charge in [0, 0.05) is 0 Å². The lowest BCUT2D eigenvalue weighted by molar-refractivity contribution is -0.275. The predicted octanol–water partition coefficient (Wildman–Crippen LogP) is -0.311. The monoisotopic (exact) mass is 365 g/mol. The van der Waals surface area contributed by atoms with Crippen molar-refractivity contribution in [2.75, 3.05) is 6.61 Å². The Balaban J connectivity index is 2.13. The summed E-state index contributed by atoms with van der Waals surface area (Å²) >= 11 is 0. The van der Waals surface area contributed by atoms with Crippen LogP contribution in [-0.4, -0.2) is 64.7 Å². The summed E-state index contributed by atoms with van der Waals surface area (Å²) in [5, 5.41) is 30.5. The molecule has 1 aromatic rings. The number of carbonyl (C=O) groups excluding carboxylic acids is 1. The maximum atomic E-state index is 12.5. The zero-order valence-electron chi connectivity index (χ0n) is 12.9. The SMILES string of the molecule is O=C(NC1C(OCc2ccccc2)OC(CO)C(O)C1O)C(F)(F)F. The number of ether oxygens (including phenoxy) is 2. The Hall–Kier alpha value is -1.72. The van der Waals surface area contributed by atoms with Gasteiger partial charge in [-0.25, -0.2) is 0 Å². The number of alkyl halides is 3. The molecule has 0 aliphatic carbocycles. The van der Waals surface area contributed by atoms with Gasteiger partial charge in [-0.05, 0) is 5.56 Å². The van der Waals surface area contributed by atoms with E-state index in [1.165, 1.54) is 0 Å². The van der Waals surface area contributed by atoms with Gasteiger partial charge in [0.15, 0.2) is 6.29 Å². The third-order valence-corrected chi connectivity index (χ3v) is 3.69. The fourth-order valence-corrected chi connectivity index (χ4v) is 2.36. The first kappa shape index (κ1) is 19.6. The van der Waals surface area contributed by atoms with Crippen molar-refractivity contribution in [3.8, 4) is 0 Å². The van der Waals surface area contributed by atoms with Gasteiger partial charge in [-0.1, -0.05) is 30.3 Å². The van der Waals surface area contributed by atoms with E-state index in [1.807, 2.05) is 0 Å². The summed E-state index contributed by atoms with van der Waals surface area (Å²) in [6.07, 6.45) is -11.5. The third kappa shape index (κ3) is 4.89. The first-order chi connectivity index (χ1) is 11.7. The highest BCUT2D eigenvalue weighted by atomic mass is 19.4. The van der Waals surface area contributed by atoms with Gasteiger partial charge < -0.3 is 30.1 Å². The number of rotatable bonds is 5. The minimum Gasteiger partial charge on any atom is -0.394 e. The lowest BCUT2D eigenvalue weighted by Gasteiger charge is -2.42. The van der Waals surface area contributed by atoms with Crippen molar-refractivity contribution in [1.82, 2.24) is 5.32 Å². The molecule has 1 aromatic carbocycles. The van der Waals surface area contributed by atoms with Crippen LogP contribution in [-0.2, 0) is 20.9 Å². The highest BCUT2D eigenvalue weighted by Crippen LogP contribution is 2.24. The number of carbonyl (C=O) groups is 1. The van der Waals surface area contributed by atoms with Gasteiger partial charge in [0.1, 0.15) is 24.4 Å². The van der Waals surface area contributed by atoms with Gasteiger partial charge in [-0.2, -0.15) is 13.2 Å². The Morgan fingerprint density at radius 1 is 1.20 bits per heavy atom. The van der Waals surface area contributed by atoms with Crippen LogP contribution in [0.4, 0.5) is 13.2 Å². The number of aliphatic hydroxyl groups is 3. The van der Waals surface area contributed by atoms with E-state index in [-0.39, 0.29) is 6.61 Å². The van der Waals surface area contributed by atoms with Gasteiger partial charge >= 0.3 is 12.1 Å². The van der Waals surface area contributed by atoms with Crippen molar-refractivity contribution in [2.24, 2.45) is 0 Å². The molecule has 0 radical (unpaired) electrons. The molecule has 7 nitrogen and oxygen atoms in total. The van der Waals surface area contributed by atoms with Gasteiger partial charge in [0.2, 0.25) is 0 Å². The van der Waals surface area contributed by atoms with Gasteiger partial charge in [0.05, 0.1) is 13.2 Å². The quantitative estimate of drug-likeness (QED) is 0.570. The Bertz CT molecular complexity index is 570. The minimum absolute atomic E-state index is 0.0785. The zero-order chi connectivity index (χ0) is 18.6. The molecular formula is C15H18F3NO6. The number of hydrogen-bond donors (Lipinski definition) is 4. The van der Waals surface area contributed by atoms with E-state index < -0.39 is 49.3 Å². The molecule has 1 amide bonds. The fourth-order valence-electron chi connectivity index (χ4n) is 2.36. The Labute approximate surface area is 141 Å². The van der Waals surface area contributed by atoms with E-state index >= 15 is 0 Å². The maximum Gasteiger partial charge on any atom is 0.471 e. The predicted molar refractivity (Wildman–Crippen MR) is 77.0 cm³/mol. The van der Waals surface area contributed by atoms with Crippen molar-refractivity contribution >= 4 is 5.91 Å². The largest absolute Gasteiger partial charge is 0.471 e. The number of benzene rings is 1. The van der Waals surface area contributed by atoms with Crippen molar-refractivity contribution in [3.63, 3.8) is 0 Å². The Morgan fingerprint density at radius 2 is 1.84 bits per heavy atom. The van der Waals surface area contributed by atoms with Crippen molar-refractivity contribution in [3.05, 3.63) is 35.9 Å². The van der Waals surface area contributed by atoms with Crippen molar-refractivity contribution in [1.29, 1.82) is 0 Å². The molecule has 1 heterocycles. The Morgan fingerprint density at radius 3 is 2.40 bits per heavy atom. The maximum absolute atomic E-state index is 12.5. The summed E-state index contributed by atoms with van der Waals surface area (Å²) in [6, 6.07) is 6.92. The second-order valence-corrected chi connectivity index (χ2v) is 5.50. The first-order valence-corrected chi connectivity index (χ1v) is 7.39. The van der Waals surface area contributed by atoms with E-state index in [0.29, 0.717) is 5.56 Å². The molecule has 1 saturated heterocycles. The fraction of sp³-hybridized carbons (Fsp3) is 0.533. The molecule has 140 valence electrons. The molecule has 25 heavy (non-hydrogen) atoms. The lowest BCUT2D eigenvalue weighted by Crippen LogP contribution is -2.65. The lowest BCUT2D eigenvalue weighted by atomic mass is 9.97. The topological polar surface area (TPSA) is 108 Å². The average molecular weight is 365 g/mol. The van der Waals surface area contributed by atoms with Crippen LogP contribution in [0.5, 0.6) is 0 Å². The van der Waals surface area contributed by atoms with Crippen LogP contribution in [0.3, 0.4) is 0 Å². The molecule has 0 saturated carbocycles. The zero-order valence-corrected chi connectivity index (χ0v) is 12.9. The van der Waals surface area contributed by atoms with Crippen LogP contribution in [0.2, 0.25) is 0 Å². The number of hydrogen-bond acceptors (Lipinski definition) is 6. The molecule has 10 heteroatoms. The van der Waals surface area contributed by atoms with E-state index in [4.69, 9.17) is 14.6 Å². The smallest absolute Gasteiger partial charge is 0.394 e. The van der Waals surface area contributed by atoms with Crippen LogP contribution < -0.4 is 5.32 Å². The van der Waals surface area contributed by atoms with Crippen LogP contribution in [0.15, 0.2) is 30.3 Å². The second kappa shape index (κ2) is 8.11. The molecule has 2 rings (SSSR count). The van der Waals surface area contributed by atoms with Crippen LogP contribution in [0, 0.1) is 0 Å². The molecular weight excluding hydrogens is 347 g/mol. The molecule has 1 aliphatic heterocycles. The standard InChI is InChI=1S/C15H18F3NO6/c16-15(17,18)14(23)19-10-12(22)11(21)9(6-20)25-13(10)24-7-8-4-2-1-3-5-8/h1-5,9-13,20-22H,6-7H2,(H,19,23). The molecule has 0 spiro atoms. The molecule has 5 atom stereocenters. The van der Waals surface area contributed by atoms with Crippen LogP contribution in [0.25, 0.3) is 0 Å². The van der Waals surface area contributed by atoms with E-state index in [9.17, 15) is 28.2 Å². The summed E-state index contributed by atoms with van der Waals surface area (Å²) in [6.45, 7) is -0.770. The van der Waals surface area contributed by atoms with Gasteiger partial charge in [-0.15, -0.1) is 0 Å². The van der Waals surface area contributed by atoms with Crippen LogP contribution in [0.1, 0.15) is 5.56 Å². The first-order valence-electron chi connectivity index (χ1n) is 7.39. The number of halogens is 3. The summed E-state index contributed by atoms with van der Waals surface area (Å²) in [5.74, 6) is -2.30. The normalized spacial score (nSPS) is 30.1. The average Bonchev–Trinajstić information content (AvgIpc) is 2.58. The minimum atomic E-state index is -5.18. The summed E-state index contributed by atoms with van der Waals surface area (Å²) in [7, 11) is 0. The van der Waals surface area contributed by atoms with Gasteiger partial charge in [-0.3, -0.25) is 4.79 Å². The number of nitrogens with one attached hydrogen (secondary N) is 1. The van der Waals surface area contributed by atoms with E-state index in [2.05, 4.69) is 0 Å². The highest BCUT2D eigenvalue weighted by Gasteiger charge is 2.49. The summed E-state index contributed by atoms with van der Waals surface area (Å²) in [4.78, 5) is 11.2. The van der Waals surface area contributed by atoms with E-state index in [0.717, 1.165) is 0 Å². The van der Waals surface area contributed by atoms with Crippen LogP contribution >= 0.6 is 0 Å². The highest BCUT2D eigenvalue weighted by molar-refractivity contribution is 5.82. The molecule has 5 unspecified atom stereocenters. The Kier molecular flexibility index (Phi) is 6.36. The molecule has 1 fully saturated rings. The molecule has 1 aliphatic rings. The number of aliphatic hydroxyl groups excluding tert-OH is 3. The summed E-state index contributed by atoms with van der Waals surface area (Å²) < 4.78 is 48.0. The molecule has 0 bridgehead atoms. The van der Waals surface area contributed by atoms with Crippen molar-refractivity contribution < 1.29 is 42.8 Å². The van der Waals surface area contributed by atoms with Crippen molar-refractivity contribution in [2.45, 2.75) is 43.4 Å². The third-order valence-electron chi connectivity index (χ3n) is 3.69. The van der Waals surface area contributed by atoms with E-state index in [1.54, 1.807) is 35.6 Å². The summed E-state index contributed by atoms with van der Waals surface area (Å²) in [5.41, 5.74) is 0.674.